The predicted molar refractivity (Wildman–Crippen MR) is 80.4 cm³/mol. The van der Waals surface area contributed by atoms with E-state index in [2.05, 4.69) is 24.5 Å². The molecule has 1 aliphatic carbocycles. The minimum Gasteiger partial charge on any atom is -0.379 e. The molecule has 2 fully saturated rings. The lowest BCUT2D eigenvalue weighted by atomic mass is 9.81. The van der Waals surface area contributed by atoms with Crippen LogP contribution in [0, 0.1) is 11.8 Å². The van der Waals surface area contributed by atoms with E-state index in [0.717, 1.165) is 31.6 Å². The Bertz CT molecular complexity index is 233. The summed E-state index contributed by atoms with van der Waals surface area (Å²) in [4.78, 5) is 0. The van der Waals surface area contributed by atoms with E-state index < -0.39 is 0 Å². The maximum atomic E-state index is 5.50. The van der Waals surface area contributed by atoms with E-state index in [-0.39, 0.29) is 0 Å². The molecule has 0 aromatic carbocycles. The largest absolute Gasteiger partial charge is 0.379 e. The second kappa shape index (κ2) is 8.23. The number of hydrogen-bond donors (Lipinski definition) is 2. The quantitative estimate of drug-likeness (QED) is 0.777. The normalized spacial score (nSPS) is 34.1. The smallest absolute Gasteiger partial charge is 0.0620 e. The Balaban J connectivity index is 1.52. The van der Waals surface area contributed by atoms with E-state index >= 15 is 0 Å². The monoisotopic (exact) mass is 268 g/mol. The SMILES string of the molecule is CC1CCC(CCNC(C)CC2COCCN2)CC1. The van der Waals surface area contributed by atoms with Crippen molar-refractivity contribution in [3.63, 3.8) is 0 Å². The van der Waals surface area contributed by atoms with Crippen molar-refractivity contribution in [3.8, 4) is 0 Å². The topological polar surface area (TPSA) is 33.3 Å². The zero-order valence-corrected chi connectivity index (χ0v) is 12.8. The van der Waals surface area contributed by atoms with Gasteiger partial charge in [0.1, 0.15) is 0 Å². The summed E-state index contributed by atoms with van der Waals surface area (Å²) >= 11 is 0. The number of morpholine rings is 1. The number of hydrogen-bond acceptors (Lipinski definition) is 3. The van der Waals surface area contributed by atoms with Crippen LogP contribution in [-0.2, 0) is 4.74 Å². The highest BCUT2D eigenvalue weighted by molar-refractivity contribution is 4.76. The molecule has 0 spiro atoms. The van der Waals surface area contributed by atoms with Crippen LogP contribution in [0.5, 0.6) is 0 Å². The van der Waals surface area contributed by atoms with Crippen LogP contribution >= 0.6 is 0 Å². The fourth-order valence-electron chi connectivity index (χ4n) is 3.43. The zero-order valence-electron chi connectivity index (χ0n) is 12.8. The van der Waals surface area contributed by atoms with E-state index in [4.69, 9.17) is 4.74 Å². The van der Waals surface area contributed by atoms with Gasteiger partial charge in [0, 0.05) is 18.6 Å². The molecule has 1 heterocycles. The molecule has 0 aromatic rings. The lowest BCUT2D eigenvalue weighted by molar-refractivity contribution is 0.0711. The van der Waals surface area contributed by atoms with Gasteiger partial charge in [0.05, 0.1) is 13.2 Å². The second-order valence-electron chi connectivity index (χ2n) is 6.73. The molecule has 1 saturated carbocycles. The average molecular weight is 268 g/mol. The van der Waals surface area contributed by atoms with Gasteiger partial charge in [-0.3, -0.25) is 0 Å². The molecule has 0 radical (unpaired) electrons. The average Bonchev–Trinajstić information content (AvgIpc) is 2.42. The molecule has 0 amide bonds. The Morgan fingerprint density at radius 2 is 2.05 bits per heavy atom. The third kappa shape index (κ3) is 5.80. The van der Waals surface area contributed by atoms with Crippen LogP contribution < -0.4 is 10.6 Å². The molecule has 112 valence electrons. The Labute approximate surface area is 118 Å². The van der Waals surface area contributed by atoms with Gasteiger partial charge in [-0.1, -0.05) is 32.6 Å². The van der Waals surface area contributed by atoms with Crippen molar-refractivity contribution in [1.82, 2.24) is 10.6 Å². The lowest BCUT2D eigenvalue weighted by Crippen LogP contribution is -2.45. The summed E-state index contributed by atoms with van der Waals surface area (Å²) in [7, 11) is 0. The Kier molecular flexibility index (Phi) is 6.62. The van der Waals surface area contributed by atoms with Gasteiger partial charge in [-0.2, -0.15) is 0 Å². The number of ether oxygens (including phenoxy) is 1. The standard InChI is InChI=1S/C16H32N2O/c1-13-3-5-15(6-4-13)7-8-17-14(2)11-16-12-19-10-9-18-16/h13-18H,3-12H2,1-2H3. The molecule has 1 aliphatic heterocycles. The van der Waals surface area contributed by atoms with Crippen LogP contribution in [0.1, 0.15) is 52.4 Å². The van der Waals surface area contributed by atoms with Crippen molar-refractivity contribution < 1.29 is 4.74 Å². The molecule has 0 bridgehead atoms. The molecule has 3 heteroatoms. The van der Waals surface area contributed by atoms with Crippen molar-refractivity contribution in [2.45, 2.75) is 64.5 Å². The third-order valence-electron chi connectivity index (χ3n) is 4.82. The maximum absolute atomic E-state index is 5.50. The van der Waals surface area contributed by atoms with Gasteiger partial charge in [-0.05, 0) is 38.1 Å². The molecule has 19 heavy (non-hydrogen) atoms. The van der Waals surface area contributed by atoms with E-state index in [9.17, 15) is 0 Å². The molecule has 2 unspecified atom stereocenters. The third-order valence-corrected chi connectivity index (χ3v) is 4.82. The van der Waals surface area contributed by atoms with Crippen molar-refractivity contribution in [1.29, 1.82) is 0 Å². The summed E-state index contributed by atoms with van der Waals surface area (Å²) in [5.74, 6) is 1.95. The summed E-state index contributed by atoms with van der Waals surface area (Å²) in [5, 5.41) is 7.22. The maximum Gasteiger partial charge on any atom is 0.0620 e. The fourth-order valence-corrected chi connectivity index (χ4v) is 3.43. The molecule has 2 aliphatic rings. The van der Waals surface area contributed by atoms with Gasteiger partial charge in [0.25, 0.3) is 0 Å². The molecule has 3 nitrogen and oxygen atoms in total. The lowest BCUT2D eigenvalue weighted by Gasteiger charge is -2.28. The molecule has 2 N–H and O–H groups in total. The van der Waals surface area contributed by atoms with Crippen LogP contribution in [0.25, 0.3) is 0 Å². The first-order chi connectivity index (χ1) is 9.24. The second-order valence-corrected chi connectivity index (χ2v) is 6.73. The van der Waals surface area contributed by atoms with Gasteiger partial charge in [-0.15, -0.1) is 0 Å². The van der Waals surface area contributed by atoms with Crippen LogP contribution in [-0.4, -0.2) is 38.4 Å². The van der Waals surface area contributed by atoms with Crippen LogP contribution in [0.3, 0.4) is 0 Å². The minimum atomic E-state index is 0.548. The van der Waals surface area contributed by atoms with Crippen LogP contribution in [0.2, 0.25) is 0 Å². The molecular formula is C16H32N2O. The van der Waals surface area contributed by atoms with Gasteiger partial charge in [-0.25, -0.2) is 0 Å². The molecule has 0 aromatic heterocycles. The van der Waals surface area contributed by atoms with E-state index in [0.29, 0.717) is 12.1 Å². The van der Waals surface area contributed by atoms with Gasteiger partial charge >= 0.3 is 0 Å². The highest BCUT2D eigenvalue weighted by Crippen LogP contribution is 2.29. The first kappa shape index (κ1) is 15.3. The summed E-state index contributed by atoms with van der Waals surface area (Å²) in [6.45, 7) is 8.66. The van der Waals surface area contributed by atoms with E-state index in [1.165, 1.54) is 45.1 Å². The van der Waals surface area contributed by atoms with E-state index in [1.807, 2.05) is 0 Å². The number of rotatable bonds is 6. The Hall–Kier alpha value is -0.120. The molecule has 2 atom stereocenters. The van der Waals surface area contributed by atoms with Crippen LogP contribution in [0.4, 0.5) is 0 Å². The summed E-state index contributed by atoms with van der Waals surface area (Å²) < 4.78 is 5.50. The van der Waals surface area contributed by atoms with Gasteiger partial charge < -0.3 is 15.4 Å². The molecule has 1 saturated heterocycles. The highest BCUT2D eigenvalue weighted by Gasteiger charge is 2.19. The summed E-state index contributed by atoms with van der Waals surface area (Å²) in [6.07, 6.45) is 8.35. The molecular weight excluding hydrogens is 236 g/mol. The fraction of sp³-hybridized carbons (Fsp3) is 1.00. The predicted octanol–water partition coefficient (Wildman–Crippen LogP) is 2.56. The highest BCUT2D eigenvalue weighted by atomic mass is 16.5. The Morgan fingerprint density at radius 1 is 1.26 bits per heavy atom. The van der Waals surface area contributed by atoms with Crippen molar-refractivity contribution in [2.24, 2.45) is 11.8 Å². The molecule has 2 rings (SSSR count). The van der Waals surface area contributed by atoms with Gasteiger partial charge in [0.15, 0.2) is 0 Å². The van der Waals surface area contributed by atoms with Crippen molar-refractivity contribution in [3.05, 3.63) is 0 Å². The summed E-state index contributed by atoms with van der Waals surface area (Å²) in [6, 6.07) is 1.15. The van der Waals surface area contributed by atoms with Crippen molar-refractivity contribution in [2.75, 3.05) is 26.3 Å². The zero-order chi connectivity index (χ0) is 13.5. The Morgan fingerprint density at radius 3 is 2.74 bits per heavy atom. The van der Waals surface area contributed by atoms with Gasteiger partial charge in [0.2, 0.25) is 0 Å². The summed E-state index contributed by atoms with van der Waals surface area (Å²) in [5.41, 5.74) is 0. The van der Waals surface area contributed by atoms with Crippen LogP contribution in [0.15, 0.2) is 0 Å². The first-order valence-corrected chi connectivity index (χ1v) is 8.28. The van der Waals surface area contributed by atoms with E-state index in [1.54, 1.807) is 0 Å². The number of nitrogens with one attached hydrogen (secondary N) is 2. The first-order valence-electron chi connectivity index (χ1n) is 8.28. The van der Waals surface area contributed by atoms with Crippen molar-refractivity contribution >= 4 is 0 Å². The minimum absolute atomic E-state index is 0.548.